The number of hydrogen-bond acceptors (Lipinski definition) is 5. The second kappa shape index (κ2) is 5.96. The van der Waals surface area contributed by atoms with E-state index in [0.29, 0.717) is 20.6 Å². The molecule has 26 heavy (non-hydrogen) atoms. The number of hydrogen-bond donors (Lipinski definition) is 1. The lowest BCUT2D eigenvalue weighted by atomic mass is 9.99. The van der Waals surface area contributed by atoms with Gasteiger partial charge in [0.2, 0.25) is 0 Å². The molecule has 1 N–H and O–H groups in total. The number of ketones is 1. The van der Waals surface area contributed by atoms with Crippen molar-refractivity contribution in [2.24, 2.45) is 0 Å². The van der Waals surface area contributed by atoms with Gasteiger partial charge < -0.3 is 9.73 Å². The minimum Gasteiger partial charge on any atom is -0.458 e. The van der Waals surface area contributed by atoms with Gasteiger partial charge in [-0.15, -0.1) is 11.3 Å². The zero-order valence-electron chi connectivity index (χ0n) is 13.6. The van der Waals surface area contributed by atoms with Crippen molar-refractivity contribution in [3.63, 3.8) is 0 Å². The molecule has 1 fully saturated rings. The number of halogens is 1. The summed E-state index contributed by atoms with van der Waals surface area (Å²) in [7, 11) is 0. The minimum absolute atomic E-state index is 0.325. The van der Waals surface area contributed by atoms with Crippen molar-refractivity contribution in [2.45, 2.75) is 12.5 Å². The molecule has 1 aliphatic rings. The van der Waals surface area contributed by atoms with Crippen LogP contribution in [0.1, 0.15) is 22.4 Å². The molecule has 0 radical (unpaired) electrons. The molecule has 0 aliphatic carbocycles. The summed E-state index contributed by atoms with van der Waals surface area (Å²) in [5, 5.41) is 3.47. The number of nitrogens with zero attached hydrogens (tertiary/aromatic N) is 1. The fourth-order valence-electron chi connectivity index (χ4n) is 2.92. The molecule has 1 saturated heterocycles. The van der Waals surface area contributed by atoms with Crippen LogP contribution in [0.25, 0.3) is 11.0 Å². The molecule has 1 aromatic carbocycles. The molecule has 0 spiro atoms. The third-order valence-electron chi connectivity index (χ3n) is 4.34. The third kappa shape index (κ3) is 2.60. The molecule has 1 aliphatic heterocycles. The smallest absolute Gasteiger partial charge is 0.325 e. The van der Waals surface area contributed by atoms with Crippen molar-refractivity contribution in [1.82, 2.24) is 10.2 Å². The van der Waals surface area contributed by atoms with Gasteiger partial charge in [-0.2, -0.15) is 0 Å². The van der Waals surface area contributed by atoms with E-state index in [0.717, 1.165) is 21.6 Å². The molecule has 3 amide bonds. The van der Waals surface area contributed by atoms with Gasteiger partial charge in [-0.3, -0.25) is 14.5 Å². The molecule has 3 aromatic rings. The molecule has 8 heteroatoms. The number of urea groups is 1. The summed E-state index contributed by atoms with van der Waals surface area (Å²) >= 11 is 6.95. The fraction of sp³-hybridized carbons (Fsp3) is 0.167. The predicted octanol–water partition coefficient (Wildman–Crippen LogP) is 3.80. The average molecular weight is 389 g/mol. The van der Waals surface area contributed by atoms with Crippen molar-refractivity contribution in [1.29, 1.82) is 0 Å². The van der Waals surface area contributed by atoms with Gasteiger partial charge in [0.25, 0.3) is 5.91 Å². The number of rotatable bonds is 4. The maximum atomic E-state index is 12.9. The topological polar surface area (TPSA) is 79.6 Å². The van der Waals surface area contributed by atoms with Crippen LogP contribution in [0.5, 0.6) is 0 Å². The monoisotopic (exact) mass is 388 g/mol. The number of para-hydroxylation sites is 1. The maximum absolute atomic E-state index is 12.9. The number of benzene rings is 1. The first kappa shape index (κ1) is 16.8. The van der Waals surface area contributed by atoms with Crippen LogP contribution in [0.15, 0.2) is 46.9 Å². The molecule has 1 atom stereocenters. The highest BCUT2D eigenvalue weighted by molar-refractivity contribution is 7.18. The molecule has 132 valence electrons. The van der Waals surface area contributed by atoms with Crippen LogP contribution >= 0.6 is 22.9 Å². The molecular weight excluding hydrogens is 376 g/mol. The van der Waals surface area contributed by atoms with Gasteiger partial charge in [0.05, 0.1) is 15.8 Å². The molecule has 3 heterocycles. The third-order valence-corrected chi connectivity index (χ3v) is 5.62. The van der Waals surface area contributed by atoms with Gasteiger partial charge in [-0.1, -0.05) is 29.8 Å². The van der Waals surface area contributed by atoms with Crippen molar-refractivity contribution < 1.29 is 18.8 Å². The molecule has 0 bridgehead atoms. The summed E-state index contributed by atoms with van der Waals surface area (Å²) in [6.07, 6.45) is 0. The standard InChI is InChI=1S/C18H13ClN2O4S/c1-18(14-8-10-4-2-3-5-12(10)25-14)16(23)21(17(24)20-18)9-11(22)13-6-7-15(19)26-13/h2-8H,9H2,1H3,(H,20,24). The van der Waals surface area contributed by atoms with Crippen LogP contribution in [-0.2, 0) is 10.3 Å². The number of carbonyl (C=O) groups excluding carboxylic acids is 3. The van der Waals surface area contributed by atoms with E-state index in [2.05, 4.69) is 5.32 Å². The van der Waals surface area contributed by atoms with Gasteiger partial charge in [0, 0.05) is 5.39 Å². The molecule has 1 unspecified atom stereocenters. The number of thiophene rings is 1. The zero-order valence-corrected chi connectivity index (χ0v) is 15.2. The normalized spacial score (nSPS) is 20.0. The van der Waals surface area contributed by atoms with Gasteiger partial charge in [-0.05, 0) is 31.2 Å². The number of furan rings is 1. The highest BCUT2D eigenvalue weighted by Crippen LogP contribution is 2.33. The Morgan fingerprint density at radius 1 is 1.27 bits per heavy atom. The van der Waals surface area contributed by atoms with Crippen molar-refractivity contribution in [3.8, 4) is 0 Å². The molecule has 2 aromatic heterocycles. The van der Waals surface area contributed by atoms with E-state index in [-0.39, 0.29) is 12.3 Å². The lowest BCUT2D eigenvalue weighted by molar-refractivity contribution is -0.131. The number of Topliss-reactive ketones (excluding diaryl/α,β-unsaturated/α-hetero) is 1. The fourth-order valence-corrected chi connectivity index (χ4v) is 3.89. The number of amides is 3. The van der Waals surface area contributed by atoms with E-state index in [1.165, 1.54) is 0 Å². The van der Waals surface area contributed by atoms with E-state index in [4.69, 9.17) is 16.0 Å². The largest absolute Gasteiger partial charge is 0.458 e. The number of imide groups is 1. The zero-order chi connectivity index (χ0) is 18.5. The summed E-state index contributed by atoms with van der Waals surface area (Å²) < 4.78 is 6.22. The molecular formula is C18H13ClN2O4S. The van der Waals surface area contributed by atoms with Gasteiger partial charge >= 0.3 is 6.03 Å². The van der Waals surface area contributed by atoms with Crippen molar-refractivity contribution >= 4 is 51.6 Å². The van der Waals surface area contributed by atoms with E-state index in [1.54, 1.807) is 31.2 Å². The average Bonchev–Trinajstić information content (AvgIpc) is 3.29. The summed E-state index contributed by atoms with van der Waals surface area (Å²) in [5.41, 5.74) is -0.739. The van der Waals surface area contributed by atoms with E-state index in [9.17, 15) is 14.4 Å². The second-order valence-corrected chi connectivity index (χ2v) is 7.84. The van der Waals surface area contributed by atoms with Crippen LogP contribution in [0.3, 0.4) is 0 Å². The summed E-state index contributed by atoms with van der Waals surface area (Å²) in [4.78, 5) is 38.9. The molecule has 6 nitrogen and oxygen atoms in total. The first-order valence-corrected chi connectivity index (χ1v) is 8.99. The predicted molar refractivity (Wildman–Crippen MR) is 97.5 cm³/mol. The number of carbonyl (C=O) groups is 3. The van der Waals surface area contributed by atoms with Gasteiger partial charge in [0.1, 0.15) is 11.3 Å². The Balaban J connectivity index is 1.62. The van der Waals surface area contributed by atoms with E-state index < -0.39 is 17.5 Å². The Kier molecular flexibility index (Phi) is 3.86. The minimum atomic E-state index is -1.36. The second-order valence-electron chi connectivity index (χ2n) is 6.12. The maximum Gasteiger partial charge on any atom is 0.325 e. The molecule has 4 rings (SSSR count). The first-order chi connectivity index (χ1) is 12.4. The lowest BCUT2D eigenvalue weighted by Gasteiger charge is -2.18. The van der Waals surface area contributed by atoms with Crippen molar-refractivity contribution in [2.75, 3.05) is 6.54 Å². The Labute approximate surface area is 157 Å². The Morgan fingerprint density at radius 3 is 2.73 bits per heavy atom. The number of nitrogens with one attached hydrogen (secondary N) is 1. The highest BCUT2D eigenvalue weighted by Gasteiger charge is 2.51. The van der Waals surface area contributed by atoms with Crippen molar-refractivity contribution in [3.05, 3.63) is 57.4 Å². The first-order valence-electron chi connectivity index (χ1n) is 7.80. The van der Waals surface area contributed by atoms with Crippen LogP contribution in [0.2, 0.25) is 4.34 Å². The van der Waals surface area contributed by atoms with E-state index >= 15 is 0 Å². The van der Waals surface area contributed by atoms with Gasteiger partial charge in [-0.25, -0.2) is 4.79 Å². The Bertz CT molecular complexity index is 1020. The van der Waals surface area contributed by atoms with Gasteiger partial charge in [0.15, 0.2) is 11.3 Å². The van der Waals surface area contributed by atoms with E-state index in [1.807, 2.05) is 18.2 Å². The quantitative estimate of drug-likeness (QED) is 0.544. The highest BCUT2D eigenvalue weighted by atomic mass is 35.5. The Hall–Kier alpha value is -2.64. The summed E-state index contributed by atoms with van der Waals surface area (Å²) in [5.74, 6) is -0.553. The van der Waals surface area contributed by atoms with Crippen LogP contribution in [0, 0.1) is 0 Å². The lowest BCUT2D eigenvalue weighted by Crippen LogP contribution is -2.41. The van der Waals surface area contributed by atoms with Crippen LogP contribution < -0.4 is 5.32 Å². The SMILES string of the molecule is CC1(c2cc3ccccc3o2)NC(=O)N(CC(=O)c2ccc(Cl)s2)C1=O. The Morgan fingerprint density at radius 2 is 2.04 bits per heavy atom. The summed E-state index contributed by atoms with van der Waals surface area (Å²) in [6, 6.07) is 11.6. The van der Waals surface area contributed by atoms with Crippen LogP contribution in [-0.4, -0.2) is 29.2 Å². The molecule has 0 saturated carbocycles. The summed E-state index contributed by atoms with van der Waals surface area (Å²) in [6.45, 7) is 1.22. The number of fused-ring (bicyclic) bond motifs is 1. The van der Waals surface area contributed by atoms with Crippen LogP contribution in [0.4, 0.5) is 4.79 Å².